The van der Waals surface area contributed by atoms with E-state index in [1.165, 1.54) is 18.5 Å². The number of fused-ring (bicyclic) bond motifs is 3. The Labute approximate surface area is 123 Å². The molecule has 8 heteroatoms. The van der Waals surface area contributed by atoms with Crippen molar-refractivity contribution in [2.45, 2.75) is 11.1 Å². The first-order valence-corrected chi connectivity index (χ1v) is 7.27. The van der Waals surface area contributed by atoms with Crippen molar-refractivity contribution in [3.63, 3.8) is 0 Å². The number of benzene rings is 1. The average Bonchev–Trinajstić information content (AvgIpc) is 3.13. The molecule has 0 fully saturated rings. The van der Waals surface area contributed by atoms with Crippen LogP contribution >= 0.6 is 11.8 Å². The third-order valence-corrected chi connectivity index (χ3v) is 4.68. The molecular weight excluding hydrogens is 290 g/mol. The molecule has 1 aromatic rings. The number of nitro benzene ring substituents is 1. The molecule has 0 aliphatic carbocycles. The molecule has 0 bridgehead atoms. The third-order valence-electron chi connectivity index (χ3n) is 3.52. The van der Waals surface area contributed by atoms with E-state index in [1.807, 2.05) is 0 Å². The van der Waals surface area contributed by atoms with Crippen molar-refractivity contribution < 1.29 is 4.92 Å². The molecule has 0 saturated carbocycles. The fourth-order valence-electron chi connectivity index (χ4n) is 2.48. The molecule has 0 N–H and O–H groups in total. The van der Waals surface area contributed by atoms with Crippen LogP contribution in [0.3, 0.4) is 0 Å². The lowest BCUT2D eigenvalue weighted by atomic mass is 10.1. The molecule has 104 valence electrons. The second kappa shape index (κ2) is 4.52. The van der Waals surface area contributed by atoms with E-state index in [1.54, 1.807) is 30.2 Å². The molecule has 3 aliphatic rings. The van der Waals surface area contributed by atoms with E-state index in [2.05, 4.69) is 19.5 Å². The number of hydrogen-bond acceptors (Lipinski definition) is 6. The summed E-state index contributed by atoms with van der Waals surface area (Å²) in [6.07, 6.45) is 3.27. The van der Waals surface area contributed by atoms with Gasteiger partial charge in [-0.15, -0.1) is 11.8 Å². The van der Waals surface area contributed by atoms with Crippen molar-refractivity contribution in [1.82, 2.24) is 19.5 Å². The van der Waals surface area contributed by atoms with Crippen molar-refractivity contribution in [2.75, 3.05) is 5.75 Å². The van der Waals surface area contributed by atoms with Crippen LogP contribution in [-0.4, -0.2) is 30.2 Å². The van der Waals surface area contributed by atoms with Crippen LogP contribution < -0.4 is 0 Å². The average molecular weight is 299 g/mol. The lowest BCUT2D eigenvalue weighted by Gasteiger charge is -2.14. The summed E-state index contributed by atoms with van der Waals surface area (Å²) >= 11 is 1.70. The first-order valence-electron chi connectivity index (χ1n) is 6.29. The van der Waals surface area contributed by atoms with Crippen molar-refractivity contribution in [3.8, 4) is 11.5 Å². The Hall–Kier alpha value is -2.48. The van der Waals surface area contributed by atoms with E-state index in [0.29, 0.717) is 5.82 Å². The van der Waals surface area contributed by atoms with Gasteiger partial charge in [0.25, 0.3) is 5.69 Å². The highest BCUT2D eigenvalue weighted by molar-refractivity contribution is 7.99. The Morgan fingerprint density at radius 1 is 1.24 bits per heavy atom. The fraction of sp³-hybridized carbons (Fsp3) is 0.154. The minimum absolute atomic E-state index is 0.102. The van der Waals surface area contributed by atoms with E-state index in [0.717, 1.165) is 22.0 Å². The maximum absolute atomic E-state index is 10.7. The molecule has 1 atom stereocenters. The minimum atomic E-state index is -0.390. The van der Waals surface area contributed by atoms with Gasteiger partial charge in [0.2, 0.25) is 0 Å². The van der Waals surface area contributed by atoms with Gasteiger partial charge in [-0.1, -0.05) is 12.1 Å². The van der Waals surface area contributed by atoms with Crippen LogP contribution in [-0.2, 0) is 0 Å². The number of non-ortho nitro benzene ring substituents is 1. The highest BCUT2D eigenvalue weighted by Crippen LogP contribution is 2.41. The summed E-state index contributed by atoms with van der Waals surface area (Å²) in [5.41, 5.74) is 1.94. The standard InChI is InChI=1S/C13H9N5O2S/c19-18(20)9-3-1-8(2-4-9)10-5-21-13-11-12(15-6-14-11)16-7-17(10)13/h1-4,6-7,10H,5H2/t10-/m0/s1. The summed E-state index contributed by atoms with van der Waals surface area (Å²) in [5.74, 6) is 1.50. The molecule has 7 nitrogen and oxygen atoms in total. The second-order valence-corrected chi connectivity index (χ2v) is 5.69. The molecule has 21 heavy (non-hydrogen) atoms. The van der Waals surface area contributed by atoms with Crippen molar-refractivity contribution >= 4 is 17.4 Å². The van der Waals surface area contributed by atoms with Gasteiger partial charge in [0.05, 0.1) is 17.3 Å². The number of thioether (sulfide) groups is 1. The van der Waals surface area contributed by atoms with E-state index >= 15 is 0 Å². The van der Waals surface area contributed by atoms with Gasteiger partial charge in [-0.2, -0.15) is 0 Å². The smallest absolute Gasteiger partial charge is 0.269 e. The molecule has 0 saturated heterocycles. The number of nitrogens with zero attached hydrogens (tertiary/aromatic N) is 5. The van der Waals surface area contributed by atoms with Crippen LogP contribution in [0.15, 0.2) is 41.9 Å². The van der Waals surface area contributed by atoms with Gasteiger partial charge in [-0.25, -0.2) is 15.0 Å². The highest BCUT2D eigenvalue weighted by atomic mass is 32.2. The molecule has 0 aromatic heterocycles. The summed E-state index contributed by atoms with van der Waals surface area (Å²) in [5, 5.41) is 11.8. The molecule has 1 aromatic carbocycles. The molecule has 0 unspecified atom stereocenters. The quantitative estimate of drug-likeness (QED) is 0.410. The molecule has 4 rings (SSSR count). The molecule has 0 spiro atoms. The Balaban J connectivity index is 1.76. The summed E-state index contributed by atoms with van der Waals surface area (Å²) in [7, 11) is 0. The summed E-state index contributed by atoms with van der Waals surface area (Å²) < 4.78 is 2.06. The Morgan fingerprint density at radius 3 is 2.81 bits per heavy atom. The lowest BCUT2D eigenvalue weighted by molar-refractivity contribution is -0.384. The highest BCUT2D eigenvalue weighted by Gasteiger charge is 2.28. The molecule has 0 radical (unpaired) electrons. The monoisotopic (exact) mass is 299 g/mol. The molecule has 3 aliphatic heterocycles. The summed E-state index contributed by atoms with van der Waals surface area (Å²) in [6, 6.07) is 6.78. The second-order valence-electron chi connectivity index (χ2n) is 4.68. The maximum atomic E-state index is 10.7. The van der Waals surface area contributed by atoms with Crippen LogP contribution in [0.25, 0.3) is 11.5 Å². The number of imidazole rings is 1. The minimum Gasteiger partial charge on any atom is -0.317 e. The van der Waals surface area contributed by atoms with Crippen molar-refractivity contribution in [1.29, 1.82) is 0 Å². The van der Waals surface area contributed by atoms with Crippen LogP contribution in [0.5, 0.6) is 0 Å². The zero-order valence-corrected chi connectivity index (χ0v) is 11.5. The SMILES string of the molecule is O=[N+]([O-])c1ccc([C@@H]2CSc3c4ncnc-4ncn32)cc1. The van der Waals surface area contributed by atoms with Crippen LogP contribution in [0.2, 0.25) is 0 Å². The van der Waals surface area contributed by atoms with E-state index in [9.17, 15) is 10.1 Å². The fourth-order valence-corrected chi connectivity index (χ4v) is 3.75. The van der Waals surface area contributed by atoms with E-state index in [4.69, 9.17) is 0 Å². The first kappa shape index (κ1) is 12.3. The molecular formula is C13H9N5O2S. The Morgan fingerprint density at radius 2 is 2.05 bits per heavy atom. The topological polar surface area (TPSA) is 86.7 Å². The van der Waals surface area contributed by atoms with Gasteiger partial charge >= 0.3 is 0 Å². The van der Waals surface area contributed by atoms with E-state index < -0.39 is 0 Å². The van der Waals surface area contributed by atoms with E-state index in [-0.39, 0.29) is 16.7 Å². The third kappa shape index (κ3) is 1.87. The van der Waals surface area contributed by atoms with Crippen molar-refractivity contribution in [3.05, 3.63) is 52.6 Å². The van der Waals surface area contributed by atoms with Crippen molar-refractivity contribution in [2.24, 2.45) is 0 Å². The number of rotatable bonds is 2. The van der Waals surface area contributed by atoms with Crippen LogP contribution in [0, 0.1) is 10.1 Å². The predicted molar refractivity (Wildman–Crippen MR) is 76.4 cm³/mol. The van der Waals surface area contributed by atoms with Gasteiger partial charge in [0.15, 0.2) is 5.82 Å². The largest absolute Gasteiger partial charge is 0.317 e. The molecule has 3 heterocycles. The molecule has 0 amide bonds. The van der Waals surface area contributed by atoms with Gasteiger partial charge in [0, 0.05) is 17.9 Å². The Bertz CT molecular complexity index is 801. The first-order chi connectivity index (χ1) is 10.2. The van der Waals surface area contributed by atoms with Gasteiger partial charge in [0.1, 0.15) is 17.0 Å². The summed E-state index contributed by atoms with van der Waals surface area (Å²) in [4.78, 5) is 23.0. The summed E-state index contributed by atoms with van der Waals surface area (Å²) in [6.45, 7) is 0. The normalized spacial score (nSPS) is 17.0. The van der Waals surface area contributed by atoms with Gasteiger partial charge in [-0.3, -0.25) is 10.1 Å². The number of nitro groups is 1. The maximum Gasteiger partial charge on any atom is 0.269 e. The predicted octanol–water partition coefficient (Wildman–Crippen LogP) is 2.38. The zero-order chi connectivity index (χ0) is 14.4. The van der Waals surface area contributed by atoms with Gasteiger partial charge in [-0.05, 0) is 5.56 Å². The Kier molecular flexibility index (Phi) is 2.64. The zero-order valence-electron chi connectivity index (χ0n) is 10.7. The van der Waals surface area contributed by atoms with Gasteiger partial charge < -0.3 is 4.57 Å². The lowest BCUT2D eigenvalue weighted by Crippen LogP contribution is -2.10. The number of hydrogen-bond donors (Lipinski definition) is 0. The van der Waals surface area contributed by atoms with Crippen LogP contribution in [0.4, 0.5) is 5.69 Å². The number of aromatic nitrogens is 4. The van der Waals surface area contributed by atoms with Crippen LogP contribution in [0.1, 0.15) is 11.6 Å².